The van der Waals surface area contributed by atoms with Gasteiger partial charge < -0.3 is 0 Å². The summed E-state index contributed by atoms with van der Waals surface area (Å²) in [6.07, 6.45) is 0. The van der Waals surface area contributed by atoms with Crippen molar-refractivity contribution in [2.75, 3.05) is 0 Å². The molecule has 68 valence electrons. The summed E-state index contributed by atoms with van der Waals surface area (Å²) >= 11 is 0. The summed E-state index contributed by atoms with van der Waals surface area (Å²) < 4.78 is 0. The van der Waals surface area contributed by atoms with Gasteiger partial charge >= 0.3 is 0 Å². The van der Waals surface area contributed by atoms with Crippen LogP contribution in [0.1, 0.15) is 5.56 Å². The van der Waals surface area contributed by atoms with Crippen LogP contribution in [0.5, 0.6) is 0 Å². The van der Waals surface area contributed by atoms with E-state index >= 15 is 0 Å². The highest BCUT2D eigenvalue weighted by Gasteiger charge is 2.17. The van der Waals surface area contributed by atoms with Crippen molar-refractivity contribution in [3.63, 3.8) is 0 Å². The second-order valence-electron chi connectivity index (χ2n) is 2.52. The number of fused-ring (bicyclic) bond motifs is 1. The van der Waals surface area contributed by atoms with E-state index in [1.165, 1.54) is 12.1 Å². The van der Waals surface area contributed by atoms with Gasteiger partial charge in [-0.05, 0) is 6.07 Å². The van der Waals surface area contributed by atoms with Gasteiger partial charge in [0, 0.05) is 6.07 Å². The molecule has 0 radical (unpaired) electrons. The van der Waals surface area contributed by atoms with Crippen molar-refractivity contribution in [2.45, 2.75) is 0 Å². The van der Waals surface area contributed by atoms with Crippen molar-refractivity contribution in [3.8, 4) is 6.07 Å². The Hall–Kier alpha value is -2.49. The Morgan fingerprint density at radius 2 is 2.14 bits per heavy atom. The summed E-state index contributed by atoms with van der Waals surface area (Å²) in [7, 11) is 0. The molecule has 7 nitrogen and oxygen atoms in total. The van der Waals surface area contributed by atoms with Crippen molar-refractivity contribution in [1.29, 1.82) is 5.26 Å². The third kappa shape index (κ3) is 0.980. The minimum atomic E-state index is -0.563. The van der Waals surface area contributed by atoms with Crippen LogP contribution in [0.3, 0.4) is 0 Å². The van der Waals surface area contributed by atoms with Crippen LogP contribution in [-0.2, 0) is 0 Å². The quantitative estimate of drug-likeness (QED) is 0.525. The van der Waals surface area contributed by atoms with Crippen LogP contribution in [0.15, 0.2) is 12.1 Å². The number of nitrogens with one attached hydrogen (secondary N) is 1. The molecule has 2 aromatic rings. The van der Waals surface area contributed by atoms with Gasteiger partial charge in [-0.2, -0.15) is 15.6 Å². The number of nitro groups is 1. The molecular weight excluding hydrogens is 186 g/mol. The van der Waals surface area contributed by atoms with E-state index in [4.69, 9.17) is 5.26 Å². The highest BCUT2D eigenvalue weighted by atomic mass is 16.6. The zero-order valence-corrected chi connectivity index (χ0v) is 6.76. The first kappa shape index (κ1) is 8.12. The van der Waals surface area contributed by atoms with Gasteiger partial charge in [0.05, 0.1) is 10.5 Å². The Balaban J connectivity index is 2.87. The smallest absolute Gasteiger partial charge is 0.258 e. The molecule has 0 amide bonds. The Morgan fingerprint density at radius 3 is 2.79 bits per heavy atom. The van der Waals surface area contributed by atoms with Crippen LogP contribution in [0.25, 0.3) is 11.0 Å². The summed E-state index contributed by atoms with van der Waals surface area (Å²) in [6.45, 7) is 0. The number of H-pyrrole nitrogens is 1. The number of hydrogen-bond acceptors (Lipinski definition) is 5. The second kappa shape index (κ2) is 2.77. The molecule has 0 aliphatic heterocycles. The zero-order chi connectivity index (χ0) is 10.1. The van der Waals surface area contributed by atoms with Crippen molar-refractivity contribution >= 4 is 16.7 Å². The van der Waals surface area contributed by atoms with E-state index in [1.54, 1.807) is 0 Å². The summed E-state index contributed by atoms with van der Waals surface area (Å²) in [5.41, 5.74) is 0.433. The Kier molecular flexibility index (Phi) is 1.61. The lowest BCUT2D eigenvalue weighted by Crippen LogP contribution is -1.90. The predicted molar refractivity (Wildman–Crippen MR) is 45.3 cm³/mol. The highest BCUT2D eigenvalue weighted by Crippen LogP contribution is 2.23. The molecule has 0 saturated carbocycles. The minimum absolute atomic E-state index is 0.106. The standard InChI is InChI=1S/C7H3N5O2/c8-3-4-1-2-5(12(13)14)7-6(4)9-11-10-7/h1-2H,(H,9,10,11). The molecule has 0 atom stereocenters. The first-order valence-corrected chi connectivity index (χ1v) is 3.62. The third-order valence-electron chi connectivity index (χ3n) is 1.77. The molecule has 0 fully saturated rings. The lowest BCUT2D eigenvalue weighted by Gasteiger charge is -1.92. The highest BCUT2D eigenvalue weighted by molar-refractivity contribution is 5.87. The van der Waals surface area contributed by atoms with E-state index < -0.39 is 4.92 Å². The van der Waals surface area contributed by atoms with Crippen LogP contribution < -0.4 is 0 Å². The van der Waals surface area contributed by atoms with Crippen LogP contribution in [0, 0.1) is 21.4 Å². The zero-order valence-electron chi connectivity index (χ0n) is 6.76. The van der Waals surface area contributed by atoms with Crippen molar-refractivity contribution in [3.05, 3.63) is 27.8 Å². The molecule has 0 bridgehead atoms. The van der Waals surface area contributed by atoms with E-state index in [2.05, 4.69) is 15.4 Å². The first-order chi connectivity index (χ1) is 6.74. The predicted octanol–water partition coefficient (Wildman–Crippen LogP) is 0.738. The molecule has 1 aromatic heterocycles. The van der Waals surface area contributed by atoms with Gasteiger partial charge in [0.1, 0.15) is 11.6 Å². The molecule has 0 aliphatic rings. The van der Waals surface area contributed by atoms with Crippen molar-refractivity contribution in [1.82, 2.24) is 15.4 Å². The van der Waals surface area contributed by atoms with Gasteiger partial charge in [-0.1, -0.05) is 0 Å². The average Bonchev–Trinajstić information content (AvgIpc) is 2.64. The molecule has 0 unspecified atom stereocenters. The molecule has 2 rings (SSSR count). The molecule has 14 heavy (non-hydrogen) atoms. The van der Waals surface area contributed by atoms with Crippen molar-refractivity contribution in [2.24, 2.45) is 0 Å². The van der Waals surface area contributed by atoms with Crippen molar-refractivity contribution < 1.29 is 4.92 Å². The number of nitriles is 1. The summed E-state index contributed by atoms with van der Waals surface area (Å²) in [6, 6.07) is 4.47. The first-order valence-electron chi connectivity index (χ1n) is 3.62. The van der Waals surface area contributed by atoms with Gasteiger partial charge in [0.25, 0.3) is 5.69 Å². The fourth-order valence-electron chi connectivity index (χ4n) is 1.15. The number of nitro benzene ring substituents is 1. The molecule has 0 aliphatic carbocycles. The molecule has 7 heteroatoms. The number of aromatic nitrogens is 3. The number of non-ortho nitro benzene ring substituents is 1. The average molecular weight is 189 g/mol. The fraction of sp³-hybridized carbons (Fsp3) is 0. The molecule has 1 N–H and O–H groups in total. The summed E-state index contributed by atoms with van der Waals surface area (Å²) in [5, 5.41) is 28.8. The molecule has 0 saturated heterocycles. The van der Waals surface area contributed by atoms with Crippen LogP contribution in [0.2, 0.25) is 0 Å². The summed E-state index contributed by atoms with van der Waals surface area (Å²) in [4.78, 5) is 9.99. The maximum Gasteiger partial charge on any atom is 0.299 e. The Labute approximate surface area is 77.1 Å². The number of nitrogens with zero attached hydrogens (tertiary/aromatic N) is 4. The number of rotatable bonds is 1. The minimum Gasteiger partial charge on any atom is -0.258 e. The number of benzene rings is 1. The van der Waals surface area contributed by atoms with E-state index in [9.17, 15) is 10.1 Å². The van der Waals surface area contributed by atoms with E-state index in [0.717, 1.165) is 0 Å². The maximum atomic E-state index is 10.6. The second-order valence-corrected chi connectivity index (χ2v) is 2.52. The van der Waals surface area contributed by atoms with Gasteiger partial charge in [-0.25, -0.2) is 0 Å². The SMILES string of the molecule is N#Cc1ccc([N+](=O)[O-])c2n[nH]nc12. The number of hydrogen-bond donors (Lipinski definition) is 1. The normalized spacial score (nSPS) is 9.93. The van der Waals surface area contributed by atoms with E-state index in [0.29, 0.717) is 0 Å². The van der Waals surface area contributed by atoms with Gasteiger partial charge in [0.2, 0.25) is 0 Å². The Bertz CT molecular complexity index is 553. The van der Waals surface area contributed by atoms with E-state index in [1.807, 2.05) is 6.07 Å². The fourth-order valence-corrected chi connectivity index (χ4v) is 1.15. The largest absolute Gasteiger partial charge is 0.299 e. The van der Waals surface area contributed by atoms with Crippen LogP contribution in [-0.4, -0.2) is 20.3 Å². The topological polar surface area (TPSA) is 108 Å². The molecule has 1 heterocycles. The maximum absolute atomic E-state index is 10.6. The van der Waals surface area contributed by atoms with Crippen LogP contribution >= 0.6 is 0 Å². The van der Waals surface area contributed by atoms with E-state index in [-0.39, 0.29) is 22.3 Å². The van der Waals surface area contributed by atoms with Gasteiger partial charge in [-0.15, -0.1) is 5.10 Å². The lowest BCUT2D eigenvalue weighted by molar-refractivity contribution is -0.383. The molecule has 1 aromatic carbocycles. The Morgan fingerprint density at radius 1 is 1.43 bits per heavy atom. The monoisotopic (exact) mass is 189 g/mol. The lowest BCUT2D eigenvalue weighted by atomic mass is 10.2. The van der Waals surface area contributed by atoms with Gasteiger partial charge in [0.15, 0.2) is 5.52 Å². The van der Waals surface area contributed by atoms with Gasteiger partial charge in [-0.3, -0.25) is 10.1 Å². The number of aromatic amines is 1. The third-order valence-corrected chi connectivity index (χ3v) is 1.77. The summed E-state index contributed by atoms with van der Waals surface area (Å²) in [5.74, 6) is 0. The molecular formula is C7H3N5O2. The van der Waals surface area contributed by atoms with Crippen LogP contribution in [0.4, 0.5) is 5.69 Å². The molecule has 0 spiro atoms.